The van der Waals surface area contributed by atoms with Crippen molar-refractivity contribution in [3.8, 4) is 0 Å². The third-order valence-electron chi connectivity index (χ3n) is 5.02. The zero-order valence-corrected chi connectivity index (χ0v) is 17.9. The zero-order chi connectivity index (χ0) is 21.5. The molecule has 0 saturated heterocycles. The fourth-order valence-corrected chi connectivity index (χ4v) is 3.45. The van der Waals surface area contributed by atoms with E-state index < -0.39 is 0 Å². The van der Waals surface area contributed by atoms with Gasteiger partial charge in [0, 0.05) is 48.1 Å². The summed E-state index contributed by atoms with van der Waals surface area (Å²) in [5.41, 5.74) is 4.72. The van der Waals surface area contributed by atoms with Crippen LogP contribution in [0.25, 0.3) is 6.08 Å². The summed E-state index contributed by atoms with van der Waals surface area (Å²) in [6, 6.07) is 13.1. The van der Waals surface area contributed by atoms with Crippen LogP contribution in [-0.4, -0.2) is 36.0 Å². The molecule has 5 heteroatoms. The van der Waals surface area contributed by atoms with E-state index >= 15 is 0 Å². The summed E-state index contributed by atoms with van der Waals surface area (Å²) in [5, 5.41) is 2.91. The van der Waals surface area contributed by atoms with Crippen LogP contribution in [0.2, 0.25) is 0 Å². The number of rotatable bonds is 7. The molecule has 2 aromatic carbocycles. The topological polar surface area (TPSA) is 61.8 Å². The minimum absolute atomic E-state index is 0.0687. The average molecular weight is 404 g/mol. The van der Waals surface area contributed by atoms with Crippen LogP contribution in [-0.2, 0) is 4.79 Å². The lowest BCUT2D eigenvalue weighted by molar-refractivity contribution is -0.127. The number of hydrogen-bond acceptors (Lipinski definition) is 3. The highest BCUT2D eigenvalue weighted by Gasteiger charge is 2.19. The van der Waals surface area contributed by atoms with E-state index in [1.807, 2.05) is 48.2 Å². The van der Waals surface area contributed by atoms with Crippen molar-refractivity contribution in [3.05, 3.63) is 64.7 Å². The number of nitrogens with one attached hydrogen (secondary N) is 1. The average Bonchev–Trinajstić information content (AvgIpc) is 2.96. The Balaban J connectivity index is 1.81. The van der Waals surface area contributed by atoms with Crippen molar-refractivity contribution < 1.29 is 9.59 Å². The standard InChI is InChI=1S/C25H29N3O2/c1-4-14-28(15-5-2)25(30)21-12-13-26-23-17-20(9-8-19(23)16-21)24(29)27-22-10-6-18(3)7-11-22/h6-11,13,16-17H,4-5,12,14-15H2,1-3H3,(H,27,29). The zero-order valence-electron chi connectivity index (χ0n) is 17.9. The van der Waals surface area contributed by atoms with E-state index in [2.05, 4.69) is 24.2 Å². The molecule has 0 radical (unpaired) electrons. The fraction of sp³-hybridized carbons (Fsp3) is 0.320. The predicted octanol–water partition coefficient (Wildman–Crippen LogP) is 5.39. The molecule has 1 N–H and O–H groups in total. The van der Waals surface area contributed by atoms with Crippen molar-refractivity contribution in [1.29, 1.82) is 0 Å². The molecular formula is C25H29N3O2. The monoisotopic (exact) mass is 403 g/mol. The Morgan fingerprint density at radius 3 is 2.40 bits per heavy atom. The molecule has 0 aliphatic carbocycles. The molecule has 2 amide bonds. The molecule has 3 rings (SSSR count). The SMILES string of the molecule is CCCN(CCC)C(=O)C1=Cc2ccc(C(=O)Nc3ccc(C)cc3)cc2N=CC1. The second-order valence-electron chi connectivity index (χ2n) is 7.57. The van der Waals surface area contributed by atoms with Crippen LogP contribution in [0.15, 0.2) is 53.0 Å². The number of aliphatic imine (C=N–C) groups is 1. The van der Waals surface area contributed by atoms with Crippen molar-refractivity contribution in [1.82, 2.24) is 4.90 Å². The molecule has 0 aromatic heterocycles. The van der Waals surface area contributed by atoms with Gasteiger partial charge in [0.1, 0.15) is 0 Å². The summed E-state index contributed by atoms with van der Waals surface area (Å²) in [5.74, 6) is -0.113. The first kappa shape index (κ1) is 21.5. The molecule has 1 heterocycles. The number of carbonyl (C=O) groups is 2. The number of aryl methyl sites for hydroxylation is 1. The lowest BCUT2D eigenvalue weighted by Gasteiger charge is -2.22. The summed E-state index contributed by atoms with van der Waals surface area (Å²) < 4.78 is 0. The second-order valence-corrected chi connectivity index (χ2v) is 7.57. The van der Waals surface area contributed by atoms with Gasteiger partial charge in [0.15, 0.2) is 0 Å². The lowest BCUT2D eigenvalue weighted by atomic mass is 10.0. The molecule has 0 spiro atoms. The molecule has 0 atom stereocenters. The molecule has 156 valence electrons. The van der Waals surface area contributed by atoms with E-state index in [-0.39, 0.29) is 11.8 Å². The van der Waals surface area contributed by atoms with Gasteiger partial charge in [-0.2, -0.15) is 0 Å². The first-order valence-corrected chi connectivity index (χ1v) is 10.6. The summed E-state index contributed by atoms with van der Waals surface area (Å²) in [7, 11) is 0. The van der Waals surface area contributed by atoms with Gasteiger partial charge >= 0.3 is 0 Å². The normalized spacial score (nSPS) is 12.6. The molecule has 5 nitrogen and oxygen atoms in total. The Morgan fingerprint density at radius 1 is 1.03 bits per heavy atom. The van der Waals surface area contributed by atoms with Crippen LogP contribution < -0.4 is 5.32 Å². The van der Waals surface area contributed by atoms with Crippen LogP contribution in [0.4, 0.5) is 11.4 Å². The van der Waals surface area contributed by atoms with Crippen LogP contribution in [0.5, 0.6) is 0 Å². The fourth-order valence-electron chi connectivity index (χ4n) is 3.45. The van der Waals surface area contributed by atoms with Crippen molar-refractivity contribution in [3.63, 3.8) is 0 Å². The number of carbonyl (C=O) groups excluding carboxylic acids is 2. The smallest absolute Gasteiger partial charge is 0.255 e. The highest BCUT2D eigenvalue weighted by Crippen LogP contribution is 2.28. The quantitative estimate of drug-likeness (QED) is 0.674. The number of anilines is 1. The molecule has 1 aliphatic heterocycles. The Morgan fingerprint density at radius 2 is 1.73 bits per heavy atom. The van der Waals surface area contributed by atoms with Gasteiger partial charge in [-0.1, -0.05) is 37.6 Å². The summed E-state index contributed by atoms with van der Waals surface area (Å²) >= 11 is 0. The first-order chi connectivity index (χ1) is 14.5. The third-order valence-corrected chi connectivity index (χ3v) is 5.02. The molecular weight excluding hydrogens is 374 g/mol. The number of benzene rings is 2. The molecule has 30 heavy (non-hydrogen) atoms. The van der Waals surface area contributed by atoms with Gasteiger partial charge in [-0.25, -0.2) is 0 Å². The van der Waals surface area contributed by atoms with Crippen molar-refractivity contribution in [2.75, 3.05) is 18.4 Å². The van der Waals surface area contributed by atoms with Gasteiger partial charge in [-0.15, -0.1) is 0 Å². The van der Waals surface area contributed by atoms with Crippen LogP contribution >= 0.6 is 0 Å². The van der Waals surface area contributed by atoms with Gasteiger partial charge < -0.3 is 10.2 Å². The third kappa shape index (κ3) is 5.23. The maximum atomic E-state index is 13.0. The molecule has 0 fully saturated rings. The van der Waals surface area contributed by atoms with Gasteiger partial charge in [-0.05, 0) is 50.1 Å². The highest BCUT2D eigenvalue weighted by molar-refractivity contribution is 6.06. The molecule has 0 unspecified atom stereocenters. The molecule has 1 aliphatic rings. The number of amides is 2. The molecule has 2 aromatic rings. The second kappa shape index (κ2) is 10.0. The van der Waals surface area contributed by atoms with Crippen molar-refractivity contribution in [2.24, 2.45) is 4.99 Å². The minimum atomic E-state index is -0.182. The van der Waals surface area contributed by atoms with Crippen LogP contribution in [0.3, 0.4) is 0 Å². The maximum absolute atomic E-state index is 13.0. The van der Waals surface area contributed by atoms with Gasteiger partial charge in [-0.3, -0.25) is 14.6 Å². The van der Waals surface area contributed by atoms with Gasteiger partial charge in [0.2, 0.25) is 5.91 Å². The predicted molar refractivity (Wildman–Crippen MR) is 123 cm³/mol. The largest absolute Gasteiger partial charge is 0.339 e. The summed E-state index contributed by atoms with van der Waals surface area (Å²) in [4.78, 5) is 32.0. The Labute approximate surface area is 178 Å². The highest BCUT2D eigenvalue weighted by atomic mass is 16.2. The van der Waals surface area contributed by atoms with Crippen molar-refractivity contribution in [2.45, 2.75) is 40.0 Å². The Bertz CT molecular complexity index is 968. The van der Waals surface area contributed by atoms with Crippen LogP contribution in [0.1, 0.15) is 54.6 Å². The summed E-state index contributed by atoms with van der Waals surface area (Å²) in [6.07, 6.45) is 6.02. The first-order valence-electron chi connectivity index (χ1n) is 10.6. The van der Waals surface area contributed by atoms with E-state index in [0.29, 0.717) is 17.7 Å². The van der Waals surface area contributed by atoms with Crippen LogP contribution in [0, 0.1) is 6.92 Å². The van der Waals surface area contributed by atoms with E-state index in [0.717, 1.165) is 48.3 Å². The van der Waals surface area contributed by atoms with Gasteiger partial charge in [0.25, 0.3) is 5.91 Å². The molecule has 0 bridgehead atoms. The number of fused-ring (bicyclic) bond motifs is 1. The Kier molecular flexibility index (Phi) is 7.17. The van der Waals surface area contributed by atoms with E-state index in [9.17, 15) is 9.59 Å². The minimum Gasteiger partial charge on any atom is -0.339 e. The maximum Gasteiger partial charge on any atom is 0.255 e. The van der Waals surface area contributed by atoms with Crippen molar-refractivity contribution >= 4 is 35.5 Å². The van der Waals surface area contributed by atoms with E-state index in [4.69, 9.17) is 0 Å². The lowest BCUT2D eigenvalue weighted by Crippen LogP contribution is -2.33. The molecule has 0 saturated carbocycles. The van der Waals surface area contributed by atoms with E-state index in [1.54, 1.807) is 18.3 Å². The number of nitrogens with zero attached hydrogens (tertiary/aromatic N) is 2. The van der Waals surface area contributed by atoms with Gasteiger partial charge in [0.05, 0.1) is 5.69 Å². The Hall–Kier alpha value is -3.21. The summed E-state index contributed by atoms with van der Waals surface area (Å²) in [6.45, 7) is 7.68. The van der Waals surface area contributed by atoms with E-state index in [1.165, 1.54) is 0 Å². The number of hydrogen-bond donors (Lipinski definition) is 1.